The lowest BCUT2D eigenvalue weighted by Gasteiger charge is -2.03. The van der Waals surface area contributed by atoms with Crippen LogP contribution in [0.1, 0.15) is 10.4 Å². The molecule has 1 amide bonds. The van der Waals surface area contributed by atoms with Gasteiger partial charge >= 0.3 is 0 Å². The predicted octanol–water partition coefficient (Wildman–Crippen LogP) is 0.488. The van der Waals surface area contributed by atoms with Crippen LogP contribution < -0.4 is 11.1 Å². The summed E-state index contributed by atoms with van der Waals surface area (Å²) >= 11 is 0. The number of aromatic nitrogens is 2. The van der Waals surface area contributed by atoms with Crippen molar-refractivity contribution in [1.82, 2.24) is 15.1 Å². The zero-order chi connectivity index (χ0) is 11.4. The Morgan fingerprint density at radius 3 is 3.12 bits per heavy atom. The molecule has 0 bridgehead atoms. The number of nitrogen functional groups attached to an aromatic ring is 1. The van der Waals surface area contributed by atoms with E-state index in [-0.39, 0.29) is 5.91 Å². The van der Waals surface area contributed by atoms with Crippen LogP contribution in [-0.2, 0) is 6.54 Å². The van der Waals surface area contributed by atoms with Crippen molar-refractivity contribution < 1.29 is 9.21 Å². The molecule has 6 nitrogen and oxygen atoms in total. The van der Waals surface area contributed by atoms with Crippen LogP contribution in [0.25, 0.3) is 0 Å². The van der Waals surface area contributed by atoms with Gasteiger partial charge in [0.2, 0.25) is 0 Å². The molecule has 6 heteroatoms. The molecular weight excluding hydrogens is 208 g/mol. The van der Waals surface area contributed by atoms with Crippen molar-refractivity contribution in [1.29, 1.82) is 0 Å². The van der Waals surface area contributed by atoms with E-state index in [2.05, 4.69) is 10.4 Å². The Balaban J connectivity index is 1.78. The summed E-state index contributed by atoms with van der Waals surface area (Å²) in [5.74, 6) is -0.158. The van der Waals surface area contributed by atoms with Crippen LogP contribution in [0.3, 0.4) is 0 Å². The Morgan fingerprint density at radius 1 is 1.62 bits per heavy atom. The van der Waals surface area contributed by atoms with E-state index in [1.54, 1.807) is 23.1 Å². The highest BCUT2D eigenvalue weighted by molar-refractivity contribution is 5.93. The average molecular weight is 220 g/mol. The fourth-order valence-electron chi connectivity index (χ4n) is 1.28. The SMILES string of the molecule is Nc1cnn(CCNC(=O)c2ccoc2)c1. The molecule has 16 heavy (non-hydrogen) atoms. The summed E-state index contributed by atoms with van der Waals surface area (Å²) < 4.78 is 6.48. The second-order valence-corrected chi connectivity index (χ2v) is 3.30. The molecule has 3 N–H and O–H groups in total. The molecule has 0 aliphatic rings. The van der Waals surface area contributed by atoms with Crippen LogP contribution in [0.4, 0.5) is 5.69 Å². The summed E-state index contributed by atoms with van der Waals surface area (Å²) in [6, 6.07) is 1.61. The molecule has 0 saturated carbocycles. The van der Waals surface area contributed by atoms with Gasteiger partial charge < -0.3 is 15.5 Å². The lowest BCUT2D eigenvalue weighted by molar-refractivity contribution is 0.0951. The molecule has 2 aromatic rings. The third-order valence-corrected chi connectivity index (χ3v) is 2.06. The van der Waals surface area contributed by atoms with E-state index in [4.69, 9.17) is 10.2 Å². The van der Waals surface area contributed by atoms with E-state index in [1.807, 2.05) is 0 Å². The molecule has 0 atom stereocenters. The number of carbonyl (C=O) groups is 1. The van der Waals surface area contributed by atoms with Gasteiger partial charge in [0.1, 0.15) is 6.26 Å². The zero-order valence-electron chi connectivity index (χ0n) is 8.59. The minimum atomic E-state index is -0.158. The van der Waals surface area contributed by atoms with Gasteiger partial charge in [-0.3, -0.25) is 9.48 Å². The third kappa shape index (κ3) is 2.41. The molecule has 0 aliphatic carbocycles. The first-order chi connectivity index (χ1) is 7.75. The first kappa shape index (κ1) is 10.3. The topological polar surface area (TPSA) is 86.1 Å². The minimum absolute atomic E-state index is 0.158. The van der Waals surface area contributed by atoms with Crippen LogP contribution in [-0.4, -0.2) is 22.2 Å². The molecule has 2 aromatic heterocycles. The van der Waals surface area contributed by atoms with Crippen LogP contribution in [0.15, 0.2) is 35.4 Å². The Hall–Kier alpha value is -2.24. The molecular formula is C10H12N4O2. The van der Waals surface area contributed by atoms with E-state index in [9.17, 15) is 4.79 Å². The summed E-state index contributed by atoms with van der Waals surface area (Å²) in [7, 11) is 0. The fourth-order valence-corrected chi connectivity index (χ4v) is 1.28. The van der Waals surface area contributed by atoms with Crippen molar-refractivity contribution in [2.45, 2.75) is 6.54 Å². The highest BCUT2D eigenvalue weighted by atomic mass is 16.3. The van der Waals surface area contributed by atoms with Crippen LogP contribution in [0.5, 0.6) is 0 Å². The molecule has 0 fully saturated rings. The second-order valence-electron chi connectivity index (χ2n) is 3.30. The maximum Gasteiger partial charge on any atom is 0.254 e. The number of hydrogen-bond acceptors (Lipinski definition) is 4. The summed E-state index contributed by atoms with van der Waals surface area (Å²) in [6.45, 7) is 1.08. The van der Waals surface area contributed by atoms with Crippen LogP contribution in [0, 0.1) is 0 Å². The van der Waals surface area contributed by atoms with Gasteiger partial charge in [-0.1, -0.05) is 0 Å². The van der Waals surface area contributed by atoms with Gasteiger partial charge in [-0.15, -0.1) is 0 Å². The number of nitrogens with zero attached hydrogens (tertiary/aromatic N) is 2. The highest BCUT2D eigenvalue weighted by Gasteiger charge is 2.05. The number of hydrogen-bond donors (Lipinski definition) is 2. The maximum absolute atomic E-state index is 11.5. The van der Waals surface area contributed by atoms with E-state index in [1.165, 1.54) is 12.5 Å². The van der Waals surface area contributed by atoms with Crippen molar-refractivity contribution in [3.8, 4) is 0 Å². The smallest absolute Gasteiger partial charge is 0.254 e. The fraction of sp³-hybridized carbons (Fsp3) is 0.200. The highest BCUT2D eigenvalue weighted by Crippen LogP contribution is 1.99. The zero-order valence-corrected chi connectivity index (χ0v) is 8.59. The van der Waals surface area contributed by atoms with Crippen LogP contribution in [0.2, 0.25) is 0 Å². The number of carbonyl (C=O) groups excluding carboxylic acids is 1. The molecule has 2 heterocycles. The number of amides is 1. The van der Waals surface area contributed by atoms with E-state index < -0.39 is 0 Å². The Bertz CT molecular complexity index is 461. The molecule has 0 saturated heterocycles. The largest absolute Gasteiger partial charge is 0.472 e. The normalized spacial score (nSPS) is 10.2. The van der Waals surface area contributed by atoms with Crippen molar-refractivity contribution >= 4 is 11.6 Å². The van der Waals surface area contributed by atoms with Crippen molar-refractivity contribution in [3.63, 3.8) is 0 Å². The molecule has 0 aliphatic heterocycles. The van der Waals surface area contributed by atoms with Gasteiger partial charge in [0, 0.05) is 12.7 Å². The maximum atomic E-state index is 11.5. The molecule has 0 spiro atoms. The summed E-state index contributed by atoms with van der Waals surface area (Å²) in [5, 5.41) is 6.74. The average Bonchev–Trinajstić information content (AvgIpc) is 2.89. The van der Waals surface area contributed by atoms with Gasteiger partial charge in [-0.25, -0.2) is 0 Å². The van der Waals surface area contributed by atoms with Crippen molar-refractivity contribution in [3.05, 3.63) is 36.5 Å². The van der Waals surface area contributed by atoms with Gasteiger partial charge in [0.05, 0.1) is 30.3 Å². The first-order valence-corrected chi connectivity index (χ1v) is 4.84. The van der Waals surface area contributed by atoms with Gasteiger partial charge in [0.15, 0.2) is 0 Å². The number of anilines is 1. The third-order valence-electron chi connectivity index (χ3n) is 2.06. The lowest BCUT2D eigenvalue weighted by Crippen LogP contribution is -2.26. The Kier molecular flexibility index (Phi) is 2.90. The summed E-state index contributed by atoms with van der Waals surface area (Å²) in [6.07, 6.45) is 6.15. The number of furan rings is 1. The standard InChI is InChI=1S/C10H12N4O2/c11-9-5-13-14(6-9)3-2-12-10(15)8-1-4-16-7-8/h1,4-7H,2-3,11H2,(H,12,15). The van der Waals surface area contributed by atoms with Crippen molar-refractivity contribution in [2.75, 3.05) is 12.3 Å². The van der Waals surface area contributed by atoms with E-state index >= 15 is 0 Å². The van der Waals surface area contributed by atoms with Gasteiger partial charge in [-0.05, 0) is 6.07 Å². The number of nitrogens with two attached hydrogens (primary N) is 1. The van der Waals surface area contributed by atoms with Crippen molar-refractivity contribution in [2.24, 2.45) is 0 Å². The van der Waals surface area contributed by atoms with Gasteiger partial charge in [0.25, 0.3) is 5.91 Å². The lowest BCUT2D eigenvalue weighted by atomic mass is 10.3. The molecule has 0 radical (unpaired) electrons. The molecule has 2 rings (SSSR count). The second kappa shape index (κ2) is 4.52. The van der Waals surface area contributed by atoms with E-state index in [0.717, 1.165) is 0 Å². The predicted molar refractivity (Wildman–Crippen MR) is 57.7 cm³/mol. The first-order valence-electron chi connectivity index (χ1n) is 4.84. The number of rotatable bonds is 4. The summed E-state index contributed by atoms with van der Waals surface area (Å²) in [5.41, 5.74) is 6.63. The number of nitrogens with one attached hydrogen (secondary N) is 1. The quantitative estimate of drug-likeness (QED) is 0.785. The molecule has 0 unspecified atom stereocenters. The minimum Gasteiger partial charge on any atom is -0.472 e. The van der Waals surface area contributed by atoms with Gasteiger partial charge in [-0.2, -0.15) is 5.10 Å². The van der Waals surface area contributed by atoms with Crippen LogP contribution >= 0.6 is 0 Å². The Labute approximate surface area is 92.0 Å². The van der Waals surface area contributed by atoms with E-state index in [0.29, 0.717) is 24.3 Å². The summed E-state index contributed by atoms with van der Waals surface area (Å²) in [4.78, 5) is 11.5. The Morgan fingerprint density at radius 2 is 2.50 bits per heavy atom. The molecule has 0 aromatic carbocycles. The monoisotopic (exact) mass is 220 g/mol. The molecule has 84 valence electrons.